The minimum atomic E-state index is -3.94. The van der Waals surface area contributed by atoms with Gasteiger partial charge in [-0.05, 0) is 85.8 Å². The summed E-state index contributed by atoms with van der Waals surface area (Å²) in [6.07, 6.45) is 0. The van der Waals surface area contributed by atoms with Gasteiger partial charge in [0.15, 0.2) is 0 Å². The lowest BCUT2D eigenvalue weighted by molar-refractivity contribution is 0.102. The predicted molar refractivity (Wildman–Crippen MR) is 155 cm³/mol. The molecule has 0 unspecified atom stereocenters. The van der Waals surface area contributed by atoms with Crippen molar-refractivity contribution < 1.29 is 21.6 Å². The molecule has 0 spiro atoms. The molecule has 0 aliphatic heterocycles. The molecule has 0 atom stereocenters. The van der Waals surface area contributed by atoms with Crippen LogP contribution in [0.1, 0.15) is 15.9 Å². The van der Waals surface area contributed by atoms with Crippen LogP contribution in [0, 0.1) is 6.92 Å². The van der Waals surface area contributed by atoms with Crippen molar-refractivity contribution >= 4 is 66.2 Å². The van der Waals surface area contributed by atoms with Crippen LogP contribution in [0.5, 0.6) is 0 Å². The monoisotopic (exact) mass is 603 g/mol. The van der Waals surface area contributed by atoms with E-state index < -0.39 is 26.0 Å². The molecule has 12 heteroatoms. The number of rotatable bonds is 8. The van der Waals surface area contributed by atoms with Crippen LogP contribution in [0.3, 0.4) is 0 Å². The zero-order valence-electron chi connectivity index (χ0n) is 20.7. The van der Waals surface area contributed by atoms with Gasteiger partial charge in [0, 0.05) is 23.3 Å². The van der Waals surface area contributed by atoms with E-state index >= 15 is 0 Å². The molecular formula is C27H23Cl2N3O5S2. The number of carbonyl (C=O) groups excluding carboxylic acids is 1. The minimum Gasteiger partial charge on any atom is -0.322 e. The maximum atomic E-state index is 12.9. The van der Waals surface area contributed by atoms with E-state index in [1.807, 2.05) is 6.92 Å². The Hall–Kier alpha value is -3.57. The Morgan fingerprint density at radius 1 is 0.769 bits per heavy atom. The Labute approximate surface area is 237 Å². The van der Waals surface area contributed by atoms with Gasteiger partial charge in [-0.15, -0.1) is 0 Å². The number of amides is 1. The first kappa shape index (κ1) is 28.4. The fourth-order valence-corrected chi connectivity index (χ4v) is 6.31. The number of nitrogens with one attached hydrogen (secondary N) is 2. The van der Waals surface area contributed by atoms with Gasteiger partial charge >= 0.3 is 0 Å². The van der Waals surface area contributed by atoms with Gasteiger partial charge in [-0.3, -0.25) is 13.8 Å². The molecule has 2 N–H and O–H groups in total. The highest BCUT2D eigenvalue weighted by Crippen LogP contribution is 2.28. The SMILES string of the molecule is Cc1ccc(S(=O)(=O)N(C)c2ccc(C(=O)Nc3ccc(S(=O)(=O)Nc4ccc(Cl)cc4Cl)cc3)cc2)cc1. The van der Waals surface area contributed by atoms with Gasteiger partial charge in [0.05, 0.1) is 26.2 Å². The summed E-state index contributed by atoms with van der Waals surface area (Å²) in [6, 6.07) is 22.6. The third kappa shape index (κ3) is 6.54. The lowest BCUT2D eigenvalue weighted by Crippen LogP contribution is -2.26. The van der Waals surface area contributed by atoms with Gasteiger partial charge in [-0.25, -0.2) is 16.8 Å². The fourth-order valence-electron chi connectivity index (χ4n) is 3.53. The van der Waals surface area contributed by atoms with E-state index in [1.54, 1.807) is 24.3 Å². The van der Waals surface area contributed by atoms with Crippen LogP contribution in [0.25, 0.3) is 0 Å². The second kappa shape index (κ2) is 11.3. The summed E-state index contributed by atoms with van der Waals surface area (Å²) in [5.41, 5.74) is 2.17. The van der Waals surface area contributed by atoms with Gasteiger partial charge < -0.3 is 5.32 Å². The zero-order chi connectivity index (χ0) is 28.4. The number of benzene rings is 4. The van der Waals surface area contributed by atoms with Crippen molar-refractivity contribution in [2.24, 2.45) is 0 Å². The molecule has 4 rings (SSSR count). The Kier molecular flexibility index (Phi) is 8.22. The molecule has 0 aromatic heterocycles. The highest BCUT2D eigenvalue weighted by molar-refractivity contribution is 7.93. The normalized spacial score (nSPS) is 11.6. The number of hydrogen-bond donors (Lipinski definition) is 2. The second-order valence-electron chi connectivity index (χ2n) is 8.54. The van der Waals surface area contributed by atoms with Crippen molar-refractivity contribution in [3.8, 4) is 0 Å². The maximum absolute atomic E-state index is 12.9. The third-order valence-electron chi connectivity index (χ3n) is 5.77. The van der Waals surface area contributed by atoms with Crippen molar-refractivity contribution in [2.75, 3.05) is 21.4 Å². The molecule has 4 aromatic rings. The molecule has 1 amide bonds. The van der Waals surface area contributed by atoms with E-state index in [4.69, 9.17) is 23.2 Å². The van der Waals surface area contributed by atoms with Crippen LogP contribution in [-0.2, 0) is 20.0 Å². The molecule has 0 fully saturated rings. The molecule has 39 heavy (non-hydrogen) atoms. The predicted octanol–water partition coefficient (Wildman–Crippen LogP) is 6.18. The number of aryl methyl sites for hydroxylation is 1. The molecule has 0 bridgehead atoms. The summed E-state index contributed by atoms with van der Waals surface area (Å²) in [5.74, 6) is -0.452. The highest BCUT2D eigenvalue weighted by atomic mass is 35.5. The Balaban J connectivity index is 1.43. The van der Waals surface area contributed by atoms with Crippen LogP contribution in [-0.4, -0.2) is 29.8 Å². The summed E-state index contributed by atoms with van der Waals surface area (Å²) in [7, 11) is -6.26. The standard InChI is InChI=1S/C27H23Cl2N3O5S2/c1-18-3-12-24(13-4-18)39(36,37)32(2)22-10-5-19(6-11-22)27(33)30-21-8-14-23(15-9-21)38(34,35)31-26-16-7-20(28)17-25(26)29/h3-17,31H,1-2H3,(H,30,33). The molecule has 8 nitrogen and oxygen atoms in total. The van der Waals surface area contributed by atoms with Gasteiger partial charge in [-0.2, -0.15) is 0 Å². The highest BCUT2D eigenvalue weighted by Gasteiger charge is 2.21. The molecule has 202 valence electrons. The minimum absolute atomic E-state index is 0.0336. The van der Waals surface area contributed by atoms with E-state index in [1.165, 1.54) is 73.8 Å². The summed E-state index contributed by atoms with van der Waals surface area (Å²) >= 11 is 11.9. The third-order valence-corrected chi connectivity index (χ3v) is 9.50. The van der Waals surface area contributed by atoms with Crippen LogP contribution in [0.2, 0.25) is 10.0 Å². The molecule has 0 aliphatic rings. The van der Waals surface area contributed by atoms with Crippen LogP contribution >= 0.6 is 23.2 Å². The number of anilines is 3. The summed E-state index contributed by atoms with van der Waals surface area (Å²) < 4.78 is 54.8. The van der Waals surface area contributed by atoms with Crippen molar-refractivity contribution in [3.63, 3.8) is 0 Å². The largest absolute Gasteiger partial charge is 0.322 e. The number of nitrogens with zero attached hydrogens (tertiary/aromatic N) is 1. The van der Waals surface area contributed by atoms with E-state index in [0.717, 1.165) is 9.87 Å². The van der Waals surface area contributed by atoms with E-state index in [-0.39, 0.29) is 26.1 Å². The van der Waals surface area contributed by atoms with Crippen LogP contribution < -0.4 is 14.3 Å². The van der Waals surface area contributed by atoms with Gasteiger partial charge in [0.2, 0.25) is 0 Å². The summed E-state index contributed by atoms with van der Waals surface area (Å²) in [6.45, 7) is 1.87. The zero-order valence-corrected chi connectivity index (χ0v) is 23.9. The first-order valence-electron chi connectivity index (χ1n) is 11.4. The number of halogens is 2. The molecule has 0 radical (unpaired) electrons. The van der Waals surface area contributed by atoms with E-state index in [0.29, 0.717) is 16.4 Å². The first-order chi connectivity index (χ1) is 18.4. The summed E-state index contributed by atoms with van der Waals surface area (Å²) in [5, 5.41) is 3.22. The maximum Gasteiger partial charge on any atom is 0.264 e. The lowest BCUT2D eigenvalue weighted by atomic mass is 10.2. The fraction of sp³-hybridized carbons (Fsp3) is 0.0741. The number of carbonyl (C=O) groups is 1. The van der Waals surface area contributed by atoms with Gasteiger partial charge in [0.1, 0.15) is 0 Å². The molecular weight excluding hydrogens is 581 g/mol. The molecule has 0 heterocycles. The molecule has 4 aromatic carbocycles. The Morgan fingerprint density at radius 2 is 1.36 bits per heavy atom. The average Bonchev–Trinajstić information content (AvgIpc) is 2.90. The van der Waals surface area contributed by atoms with E-state index in [9.17, 15) is 21.6 Å². The smallest absolute Gasteiger partial charge is 0.264 e. The first-order valence-corrected chi connectivity index (χ1v) is 15.1. The van der Waals surface area contributed by atoms with Crippen molar-refractivity contribution in [1.29, 1.82) is 0 Å². The Morgan fingerprint density at radius 3 is 1.95 bits per heavy atom. The van der Waals surface area contributed by atoms with Crippen LogP contribution in [0.15, 0.2) is 101 Å². The van der Waals surface area contributed by atoms with Gasteiger partial charge in [0.25, 0.3) is 26.0 Å². The second-order valence-corrected chi connectivity index (χ2v) is 13.0. The quantitative estimate of drug-likeness (QED) is 0.250. The van der Waals surface area contributed by atoms with Crippen LogP contribution in [0.4, 0.5) is 17.1 Å². The van der Waals surface area contributed by atoms with Crippen molar-refractivity contribution in [1.82, 2.24) is 0 Å². The summed E-state index contributed by atoms with van der Waals surface area (Å²) in [4.78, 5) is 12.9. The Bertz CT molecular complexity index is 1730. The topological polar surface area (TPSA) is 113 Å². The molecule has 0 saturated heterocycles. The van der Waals surface area contributed by atoms with E-state index in [2.05, 4.69) is 10.0 Å². The lowest BCUT2D eigenvalue weighted by Gasteiger charge is -2.20. The number of sulfonamides is 2. The average molecular weight is 605 g/mol. The molecule has 0 aliphatic carbocycles. The molecule has 0 saturated carbocycles. The van der Waals surface area contributed by atoms with Crippen molar-refractivity contribution in [3.05, 3.63) is 112 Å². The van der Waals surface area contributed by atoms with Gasteiger partial charge in [-0.1, -0.05) is 40.9 Å². The number of hydrogen-bond acceptors (Lipinski definition) is 5. The van der Waals surface area contributed by atoms with Crippen molar-refractivity contribution in [2.45, 2.75) is 16.7 Å².